The molecule has 0 spiro atoms. The highest BCUT2D eigenvalue weighted by Crippen LogP contribution is 2.00. The largest absolute Gasteiger partial charge is 0.368 e. The van der Waals surface area contributed by atoms with Crippen molar-refractivity contribution in [1.82, 2.24) is 0 Å². The molecule has 0 aromatic heterocycles. The van der Waals surface area contributed by atoms with Gasteiger partial charge in [-0.2, -0.15) is 4.99 Å². The number of aliphatic imine (C=N–C) groups is 2. The minimum Gasteiger partial charge on any atom is -0.368 e. The molecule has 78 valence electrons. The van der Waals surface area contributed by atoms with Gasteiger partial charge in [0.1, 0.15) is 0 Å². The first-order valence-corrected chi connectivity index (χ1v) is 4.38. The van der Waals surface area contributed by atoms with Crippen molar-refractivity contribution in [2.45, 2.75) is 6.92 Å². The smallest absolute Gasteiger partial charge is 0.223 e. The maximum Gasteiger partial charge on any atom is 0.223 e. The third kappa shape index (κ3) is 3.60. The highest BCUT2D eigenvalue weighted by molar-refractivity contribution is 6.07. The molecule has 0 aliphatic heterocycles. The molecule has 0 bridgehead atoms. The van der Waals surface area contributed by atoms with Gasteiger partial charge in [-0.05, 0) is 12.5 Å². The molecule has 1 rings (SSSR count). The first-order chi connectivity index (χ1) is 7.09. The molecule has 5 nitrogen and oxygen atoms in total. The van der Waals surface area contributed by atoms with E-state index in [-0.39, 0.29) is 11.9 Å². The van der Waals surface area contributed by atoms with Crippen LogP contribution in [0.4, 0.5) is 0 Å². The van der Waals surface area contributed by atoms with E-state index in [1.54, 1.807) is 0 Å². The van der Waals surface area contributed by atoms with Gasteiger partial charge < -0.3 is 11.5 Å². The molecule has 0 fully saturated rings. The van der Waals surface area contributed by atoms with Gasteiger partial charge in [-0.1, -0.05) is 30.3 Å². The topological polar surface area (TPSA) is 101 Å². The van der Waals surface area contributed by atoms with Gasteiger partial charge in [-0.3, -0.25) is 5.41 Å². The predicted molar refractivity (Wildman–Crippen MR) is 62.2 cm³/mol. The van der Waals surface area contributed by atoms with Crippen LogP contribution in [0.5, 0.6) is 0 Å². The lowest BCUT2D eigenvalue weighted by atomic mass is 10.1. The summed E-state index contributed by atoms with van der Waals surface area (Å²) in [5.74, 6) is -0.360. The van der Waals surface area contributed by atoms with Crippen LogP contribution in [0.25, 0.3) is 0 Å². The van der Waals surface area contributed by atoms with E-state index in [1.165, 1.54) is 0 Å². The number of rotatable bonds is 1. The van der Waals surface area contributed by atoms with Crippen molar-refractivity contribution in [2.75, 3.05) is 0 Å². The first kappa shape index (κ1) is 10.9. The fourth-order valence-corrected chi connectivity index (χ4v) is 1.06. The Kier molecular flexibility index (Phi) is 3.56. The summed E-state index contributed by atoms with van der Waals surface area (Å²) in [6, 6.07) is 9.57. The molecule has 0 aliphatic carbocycles. The number of nitrogens with two attached hydrogens (primary N) is 2. The van der Waals surface area contributed by atoms with Crippen molar-refractivity contribution in [3.63, 3.8) is 0 Å². The minimum absolute atomic E-state index is 0.0103. The second-order valence-corrected chi connectivity index (χ2v) is 2.92. The van der Waals surface area contributed by atoms with E-state index in [4.69, 9.17) is 16.9 Å². The third-order valence-corrected chi connectivity index (χ3v) is 1.71. The predicted octanol–water partition coefficient (Wildman–Crippen LogP) is 0.704. The lowest BCUT2D eigenvalue weighted by Crippen LogP contribution is -2.17. The molecule has 0 radical (unpaired) electrons. The quantitative estimate of drug-likeness (QED) is 0.462. The second-order valence-electron chi connectivity index (χ2n) is 2.92. The number of hydrogen-bond acceptors (Lipinski definition) is 1. The number of benzene rings is 1. The summed E-state index contributed by atoms with van der Waals surface area (Å²) in [6.07, 6.45) is 0. The Morgan fingerprint density at radius 1 is 1.13 bits per heavy atom. The molecule has 0 saturated heterocycles. The van der Waals surface area contributed by atoms with Crippen molar-refractivity contribution in [1.29, 1.82) is 5.41 Å². The molecule has 0 aliphatic rings. The Labute approximate surface area is 88.0 Å². The second kappa shape index (κ2) is 4.90. The summed E-state index contributed by atoms with van der Waals surface area (Å²) < 4.78 is 0. The van der Waals surface area contributed by atoms with Crippen molar-refractivity contribution in [2.24, 2.45) is 21.5 Å². The van der Waals surface area contributed by atoms with Crippen LogP contribution < -0.4 is 11.5 Å². The van der Waals surface area contributed by atoms with Crippen molar-refractivity contribution >= 4 is 17.6 Å². The van der Waals surface area contributed by atoms with Crippen molar-refractivity contribution in [3.05, 3.63) is 35.9 Å². The zero-order valence-corrected chi connectivity index (χ0v) is 8.44. The van der Waals surface area contributed by atoms with Crippen LogP contribution in [-0.2, 0) is 0 Å². The highest BCUT2D eigenvalue weighted by atomic mass is 15.1. The number of guanidine groups is 2. The summed E-state index contributed by atoms with van der Waals surface area (Å²) in [5.41, 5.74) is 12.2. The lowest BCUT2D eigenvalue weighted by molar-refractivity contribution is 1.34. The van der Waals surface area contributed by atoms with E-state index in [9.17, 15) is 0 Å². The molecule has 0 atom stereocenters. The highest BCUT2D eigenvalue weighted by Gasteiger charge is 1.96. The maximum absolute atomic E-state index is 6.91. The van der Waals surface area contributed by atoms with Gasteiger partial charge in [0.15, 0.2) is 0 Å². The monoisotopic (exact) mass is 203 g/mol. The zero-order valence-electron chi connectivity index (χ0n) is 8.44. The summed E-state index contributed by atoms with van der Waals surface area (Å²) in [5, 5.41) is 6.91. The van der Waals surface area contributed by atoms with Crippen molar-refractivity contribution in [3.8, 4) is 0 Å². The molecule has 5 heteroatoms. The maximum atomic E-state index is 6.91. The molecular weight excluding hydrogens is 190 g/mol. The van der Waals surface area contributed by atoms with Crippen LogP contribution in [0.3, 0.4) is 0 Å². The van der Waals surface area contributed by atoms with Crippen LogP contribution in [0.15, 0.2) is 40.3 Å². The van der Waals surface area contributed by atoms with Gasteiger partial charge in [-0.25, -0.2) is 4.99 Å². The van der Waals surface area contributed by atoms with Crippen LogP contribution in [0, 0.1) is 5.41 Å². The zero-order chi connectivity index (χ0) is 11.3. The molecule has 0 amide bonds. The standard InChI is InChI=1S/C10H13N5/c1-7(8-5-3-2-4-6-8)14-10(13)15-9(11)12/h2-6H,1H3,(H5,11,12,13,15)/b14-7+. The van der Waals surface area contributed by atoms with E-state index in [2.05, 4.69) is 9.98 Å². The van der Waals surface area contributed by atoms with E-state index < -0.39 is 0 Å². The summed E-state index contributed by atoms with van der Waals surface area (Å²) in [7, 11) is 0. The molecule has 0 unspecified atom stereocenters. The van der Waals surface area contributed by atoms with Gasteiger partial charge >= 0.3 is 0 Å². The average molecular weight is 203 g/mol. The van der Waals surface area contributed by atoms with Gasteiger partial charge in [0.2, 0.25) is 11.9 Å². The fourth-order valence-electron chi connectivity index (χ4n) is 1.06. The minimum atomic E-state index is -0.350. The molecular formula is C10H13N5. The first-order valence-electron chi connectivity index (χ1n) is 4.38. The fraction of sp³-hybridized carbons (Fsp3) is 0.100. The Morgan fingerprint density at radius 2 is 1.73 bits per heavy atom. The number of nitrogens with zero attached hydrogens (tertiary/aromatic N) is 2. The van der Waals surface area contributed by atoms with Gasteiger partial charge in [0, 0.05) is 5.71 Å². The van der Waals surface area contributed by atoms with Gasteiger partial charge in [0.05, 0.1) is 0 Å². The summed E-state index contributed by atoms with van der Waals surface area (Å²) in [4.78, 5) is 7.52. The molecule has 15 heavy (non-hydrogen) atoms. The Hall–Kier alpha value is -2.17. The normalized spacial score (nSPS) is 12.6. The van der Waals surface area contributed by atoms with Crippen molar-refractivity contribution < 1.29 is 0 Å². The molecule has 1 aromatic rings. The lowest BCUT2D eigenvalue weighted by Gasteiger charge is -1.99. The molecule has 1 aromatic carbocycles. The van der Waals surface area contributed by atoms with Gasteiger partial charge in [-0.15, -0.1) is 0 Å². The molecule has 5 N–H and O–H groups in total. The van der Waals surface area contributed by atoms with Crippen LogP contribution in [0.2, 0.25) is 0 Å². The van der Waals surface area contributed by atoms with Crippen LogP contribution >= 0.6 is 0 Å². The van der Waals surface area contributed by atoms with Gasteiger partial charge in [0.25, 0.3) is 0 Å². The molecule has 0 saturated carbocycles. The summed E-state index contributed by atoms with van der Waals surface area (Å²) >= 11 is 0. The van der Waals surface area contributed by atoms with E-state index >= 15 is 0 Å². The Bertz CT molecular complexity index is 405. The average Bonchev–Trinajstić information content (AvgIpc) is 2.17. The Balaban J connectivity index is 2.90. The van der Waals surface area contributed by atoms with E-state index in [0.717, 1.165) is 11.3 Å². The summed E-state index contributed by atoms with van der Waals surface area (Å²) in [6.45, 7) is 1.82. The van der Waals surface area contributed by atoms with Crippen LogP contribution in [-0.4, -0.2) is 17.6 Å². The molecule has 0 heterocycles. The number of nitrogens with one attached hydrogen (secondary N) is 1. The Morgan fingerprint density at radius 3 is 2.27 bits per heavy atom. The number of hydrogen-bond donors (Lipinski definition) is 3. The SMILES string of the molecule is C/C(=N\C(N)=N/C(=N)N)c1ccccc1. The van der Waals surface area contributed by atoms with E-state index in [1.807, 2.05) is 37.3 Å². The third-order valence-electron chi connectivity index (χ3n) is 1.71. The van der Waals surface area contributed by atoms with Crippen LogP contribution in [0.1, 0.15) is 12.5 Å². The van der Waals surface area contributed by atoms with E-state index in [0.29, 0.717) is 0 Å².